The fourth-order valence-corrected chi connectivity index (χ4v) is 7.06. The zero-order valence-corrected chi connectivity index (χ0v) is 32.4. The van der Waals surface area contributed by atoms with Crippen LogP contribution in [0.5, 0.6) is 11.5 Å². The van der Waals surface area contributed by atoms with Crippen LogP contribution >= 0.6 is 24.8 Å². The van der Waals surface area contributed by atoms with Crippen molar-refractivity contribution in [2.45, 2.75) is 44.9 Å². The molecule has 0 unspecified atom stereocenters. The number of unbranched alkanes of at least 4 members (excludes halogenated alkanes) is 6. The summed E-state index contributed by atoms with van der Waals surface area (Å²) in [5, 5.41) is 11.8. The Labute approximate surface area is 335 Å². The normalized spacial score (nSPS) is 10.9. The van der Waals surface area contributed by atoms with Crippen molar-refractivity contribution in [3.8, 4) is 11.5 Å². The molecule has 0 saturated heterocycles. The van der Waals surface area contributed by atoms with Gasteiger partial charge in [-0.05, 0) is 61.4 Å². The third-order valence-electron chi connectivity index (χ3n) is 9.77. The van der Waals surface area contributed by atoms with Crippen molar-refractivity contribution in [2.24, 2.45) is 0 Å². The number of anilines is 4. The first-order chi connectivity index (χ1) is 26.3. The maximum absolute atomic E-state index is 6.32. The predicted molar refractivity (Wildman–Crippen MR) is 236 cm³/mol. The molecule has 2 aromatic heterocycles. The number of nitrogens with one attached hydrogen (secondary N) is 2. The second kappa shape index (κ2) is 19.2. The molecule has 0 fully saturated rings. The molecule has 0 amide bonds. The quantitative estimate of drug-likeness (QED) is 0.0753. The summed E-state index contributed by atoms with van der Waals surface area (Å²) in [6, 6.07) is 49.6. The number of para-hydroxylation sites is 8. The Hall–Kier alpha value is -5.56. The lowest BCUT2D eigenvalue weighted by Gasteiger charge is -2.16. The molecule has 0 atom stereocenters. The number of halogens is 2. The Balaban J connectivity index is 0.00000257. The Bertz CT molecular complexity index is 2210. The third-order valence-corrected chi connectivity index (χ3v) is 9.77. The standard InChI is InChI=1S/C47H44N4O2.2ClH/c1(2-4-18-32-52-44-30-16-14-28-42(44)50-46-34-20-6-10-24-38(34)48-39-25-11-7-21-35(39)46)3-5-19-33-53-45-31-17-15-29-43(45)51-47-36-22-8-12-26-40(36)49-41-27-13-9-23-37(41)47;;/h6-17,20-31H,1-5,18-19,32-33H2,(H,48,50)(H,49,51);2*1H. The van der Waals surface area contributed by atoms with E-state index >= 15 is 0 Å². The first kappa shape index (κ1) is 39.1. The molecule has 0 radical (unpaired) electrons. The molecule has 6 nitrogen and oxygen atoms in total. The molecule has 280 valence electrons. The van der Waals surface area contributed by atoms with Gasteiger partial charge in [-0.25, -0.2) is 9.97 Å². The fraction of sp³-hybridized carbons (Fsp3) is 0.191. The summed E-state index contributed by atoms with van der Waals surface area (Å²) in [6.07, 6.45) is 8.02. The number of pyridine rings is 2. The van der Waals surface area contributed by atoms with E-state index < -0.39 is 0 Å². The van der Waals surface area contributed by atoms with E-state index in [0.29, 0.717) is 13.2 Å². The van der Waals surface area contributed by atoms with Gasteiger partial charge in [-0.3, -0.25) is 0 Å². The SMILES string of the molecule is Cl.Cl.c1ccc(OCCCCCCCCCOc2ccccc2Nc2c3ccccc3nc3ccccc23)c(Nc2c3ccccc3nc3ccccc23)c1. The van der Waals surface area contributed by atoms with Crippen LogP contribution in [0.2, 0.25) is 0 Å². The molecule has 0 aliphatic carbocycles. The lowest BCUT2D eigenvalue weighted by molar-refractivity contribution is 0.301. The van der Waals surface area contributed by atoms with Crippen molar-refractivity contribution in [3.05, 3.63) is 146 Å². The van der Waals surface area contributed by atoms with E-state index in [-0.39, 0.29) is 24.8 Å². The number of ether oxygens (including phenoxy) is 2. The largest absolute Gasteiger partial charge is 0.491 e. The topological polar surface area (TPSA) is 68.3 Å². The van der Waals surface area contributed by atoms with E-state index in [9.17, 15) is 0 Å². The molecule has 8 rings (SSSR count). The fourth-order valence-electron chi connectivity index (χ4n) is 7.06. The molecule has 0 saturated carbocycles. The smallest absolute Gasteiger partial charge is 0.142 e. The van der Waals surface area contributed by atoms with E-state index in [4.69, 9.17) is 19.4 Å². The molecule has 2 N–H and O–H groups in total. The second-order valence-corrected chi connectivity index (χ2v) is 13.5. The highest BCUT2D eigenvalue weighted by atomic mass is 35.5. The monoisotopic (exact) mass is 768 g/mol. The van der Waals surface area contributed by atoms with Gasteiger partial charge >= 0.3 is 0 Å². The highest BCUT2D eigenvalue weighted by Crippen LogP contribution is 2.37. The van der Waals surface area contributed by atoms with Gasteiger partial charge in [-0.1, -0.05) is 129 Å². The zero-order valence-electron chi connectivity index (χ0n) is 30.7. The van der Waals surface area contributed by atoms with Crippen LogP contribution in [0.15, 0.2) is 146 Å². The minimum absolute atomic E-state index is 0. The van der Waals surface area contributed by atoms with Crippen molar-refractivity contribution < 1.29 is 9.47 Å². The summed E-state index contributed by atoms with van der Waals surface area (Å²) in [5.74, 6) is 1.74. The number of nitrogens with zero attached hydrogens (tertiary/aromatic N) is 2. The Kier molecular flexibility index (Phi) is 13.6. The lowest BCUT2D eigenvalue weighted by atomic mass is 10.1. The number of fused-ring (bicyclic) bond motifs is 4. The lowest BCUT2D eigenvalue weighted by Crippen LogP contribution is -2.02. The molecule has 2 heterocycles. The maximum atomic E-state index is 6.32. The summed E-state index contributed by atoms with van der Waals surface area (Å²) in [7, 11) is 0. The van der Waals surface area contributed by atoms with E-state index in [0.717, 1.165) is 104 Å². The molecule has 6 aromatic carbocycles. The number of benzene rings is 6. The predicted octanol–water partition coefficient (Wildman–Crippen LogP) is 13.6. The minimum atomic E-state index is 0. The molecule has 0 spiro atoms. The molecule has 0 bridgehead atoms. The molecule has 8 heteroatoms. The van der Waals surface area contributed by atoms with Gasteiger partial charge in [-0.2, -0.15) is 0 Å². The van der Waals surface area contributed by atoms with Crippen molar-refractivity contribution in [3.63, 3.8) is 0 Å². The van der Waals surface area contributed by atoms with E-state index in [1.165, 1.54) is 19.3 Å². The van der Waals surface area contributed by atoms with Crippen molar-refractivity contribution >= 4 is 91.2 Å². The Morgan fingerprint density at radius 3 is 1.00 bits per heavy atom. The van der Waals surface area contributed by atoms with Crippen LogP contribution in [-0.4, -0.2) is 23.2 Å². The summed E-state index contributed by atoms with van der Waals surface area (Å²) in [6.45, 7) is 1.39. The second-order valence-electron chi connectivity index (χ2n) is 13.5. The first-order valence-electron chi connectivity index (χ1n) is 18.8. The van der Waals surface area contributed by atoms with Crippen LogP contribution in [0.4, 0.5) is 22.7 Å². The van der Waals surface area contributed by atoms with E-state index in [2.05, 4.69) is 95.6 Å². The zero-order chi connectivity index (χ0) is 35.7. The highest BCUT2D eigenvalue weighted by molar-refractivity contribution is 6.10. The molecule has 0 aliphatic heterocycles. The van der Waals surface area contributed by atoms with E-state index in [1.807, 2.05) is 60.7 Å². The van der Waals surface area contributed by atoms with Gasteiger partial charge in [0.2, 0.25) is 0 Å². The van der Waals surface area contributed by atoms with Gasteiger partial charge in [0, 0.05) is 21.5 Å². The number of aromatic nitrogens is 2. The van der Waals surface area contributed by atoms with Gasteiger partial charge in [0.1, 0.15) is 11.5 Å². The Morgan fingerprint density at radius 2 is 0.636 bits per heavy atom. The van der Waals surface area contributed by atoms with Crippen LogP contribution in [0.1, 0.15) is 44.9 Å². The number of hydrogen-bond donors (Lipinski definition) is 2. The average Bonchev–Trinajstić information content (AvgIpc) is 3.20. The van der Waals surface area contributed by atoms with Crippen LogP contribution in [0.3, 0.4) is 0 Å². The Morgan fingerprint density at radius 1 is 0.345 bits per heavy atom. The number of rotatable bonds is 16. The van der Waals surface area contributed by atoms with Gasteiger partial charge < -0.3 is 20.1 Å². The molecule has 55 heavy (non-hydrogen) atoms. The molecular formula is C47H46Cl2N4O2. The van der Waals surface area contributed by atoms with Crippen LogP contribution in [-0.2, 0) is 0 Å². The van der Waals surface area contributed by atoms with Crippen molar-refractivity contribution in [2.75, 3.05) is 23.8 Å². The molecular weight excluding hydrogens is 723 g/mol. The summed E-state index contributed by atoms with van der Waals surface area (Å²) in [5.41, 5.74) is 7.94. The maximum Gasteiger partial charge on any atom is 0.142 e. The summed E-state index contributed by atoms with van der Waals surface area (Å²) in [4.78, 5) is 9.74. The van der Waals surface area contributed by atoms with Gasteiger partial charge in [0.05, 0.1) is 58.0 Å². The number of hydrogen-bond acceptors (Lipinski definition) is 6. The minimum Gasteiger partial charge on any atom is -0.491 e. The van der Waals surface area contributed by atoms with Crippen LogP contribution in [0.25, 0.3) is 43.6 Å². The average molecular weight is 770 g/mol. The summed E-state index contributed by atoms with van der Waals surface area (Å²) >= 11 is 0. The first-order valence-corrected chi connectivity index (χ1v) is 18.8. The summed E-state index contributed by atoms with van der Waals surface area (Å²) < 4.78 is 12.6. The third kappa shape index (κ3) is 9.22. The molecule has 8 aromatic rings. The van der Waals surface area contributed by atoms with Crippen molar-refractivity contribution in [1.29, 1.82) is 0 Å². The van der Waals surface area contributed by atoms with Gasteiger partial charge in [0.15, 0.2) is 0 Å². The van der Waals surface area contributed by atoms with Gasteiger partial charge in [-0.15, -0.1) is 24.8 Å². The van der Waals surface area contributed by atoms with Crippen LogP contribution < -0.4 is 20.1 Å². The van der Waals surface area contributed by atoms with Crippen molar-refractivity contribution in [1.82, 2.24) is 9.97 Å². The highest BCUT2D eigenvalue weighted by Gasteiger charge is 2.13. The van der Waals surface area contributed by atoms with Gasteiger partial charge in [0.25, 0.3) is 0 Å². The van der Waals surface area contributed by atoms with Crippen LogP contribution in [0, 0.1) is 0 Å². The molecule has 0 aliphatic rings. The van der Waals surface area contributed by atoms with E-state index in [1.54, 1.807) is 0 Å².